The topological polar surface area (TPSA) is 110 Å². The summed E-state index contributed by atoms with van der Waals surface area (Å²) in [5.74, 6) is -0.605. The third-order valence-electron chi connectivity index (χ3n) is 4.13. The monoisotopic (exact) mass is 359 g/mol. The van der Waals surface area contributed by atoms with Crippen LogP contribution in [-0.4, -0.2) is 45.1 Å². The van der Waals surface area contributed by atoms with Gasteiger partial charge in [0.25, 0.3) is 5.91 Å². The zero-order valence-electron chi connectivity index (χ0n) is 13.1. The number of aryl methyl sites for hydroxylation is 1. The van der Waals surface area contributed by atoms with Crippen LogP contribution >= 0.6 is 11.3 Å². The predicted molar refractivity (Wildman–Crippen MR) is 86.7 cm³/mol. The zero-order chi connectivity index (χ0) is 17.6. The highest BCUT2D eigenvalue weighted by molar-refractivity contribution is 7.08. The number of hydrogen-bond acceptors (Lipinski definition) is 7. The molecule has 4 rings (SSSR count). The molecule has 8 nitrogen and oxygen atoms in total. The Morgan fingerprint density at radius 1 is 1.40 bits per heavy atom. The average molecular weight is 359 g/mol. The molecule has 0 bridgehead atoms. The SMILES string of the molecule is Cc1onc(-c2ccsc2)c1C(=O)N1CC(c2nc(C(=O)O)co2)C1. The molecule has 0 saturated carbocycles. The summed E-state index contributed by atoms with van der Waals surface area (Å²) in [5, 5.41) is 16.7. The normalized spacial score (nSPS) is 14.5. The summed E-state index contributed by atoms with van der Waals surface area (Å²) in [6.07, 6.45) is 1.11. The number of amides is 1. The Labute approximate surface area is 145 Å². The van der Waals surface area contributed by atoms with Crippen LogP contribution in [-0.2, 0) is 0 Å². The smallest absolute Gasteiger partial charge is 0.357 e. The van der Waals surface area contributed by atoms with Crippen LogP contribution in [0, 0.1) is 6.92 Å². The molecule has 0 aliphatic carbocycles. The van der Waals surface area contributed by atoms with Gasteiger partial charge in [0.15, 0.2) is 5.69 Å². The second-order valence-corrected chi connectivity index (χ2v) is 6.54. The maximum atomic E-state index is 12.8. The maximum absolute atomic E-state index is 12.8. The molecule has 4 heterocycles. The van der Waals surface area contributed by atoms with Gasteiger partial charge in [-0.05, 0) is 18.4 Å². The first-order valence-corrected chi connectivity index (χ1v) is 8.45. The number of aromatic carboxylic acids is 1. The van der Waals surface area contributed by atoms with Gasteiger partial charge in [-0.15, -0.1) is 0 Å². The van der Waals surface area contributed by atoms with Gasteiger partial charge in [0.05, 0.1) is 5.92 Å². The first-order chi connectivity index (χ1) is 12.0. The van der Waals surface area contributed by atoms with Crippen molar-refractivity contribution in [2.45, 2.75) is 12.8 Å². The molecule has 1 N–H and O–H groups in total. The number of aromatic nitrogens is 2. The molecule has 0 atom stereocenters. The standard InChI is InChI=1S/C16H13N3O5S/c1-8-12(13(18-24-8)9-2-3-25-7-9)15(20)19-4-10(5-19)14-17-11(6-23-14)16(21)22/h2-3,6-7,10H,4-5H2,1H3,(H,21,22). The van der Waals surface area contributed by atoms with E-state index in [4.69, 9.17) is 14.0 Å². The molecular weight excluding hydrogens is 346 g/mol. The summed E-state index contributed by atoms with van der Waals surface area (Å²) >= 11 is 1.52. The van der Waals surface area contributed by atoms with Crippen LogP contribution in [0.4, 0.5) is 0 Å². The first kappa shape index (κ1) is 15.6. The van der Waals surface area contributed by atoms with Gasteiger partial charge in [0, 0.05) is 24.0 Å². The van der Waals surface area contributed by atoms with Crippen LogP contribution in [0.25, 0.3) is 11.3 Å². The van der Waals surface area contributed by atoms with Crippen molar-refractivity contribution in [2.75, 3.05) is 13.1 Å². The summed E-state index contributed by atoms with van der Waals surface area (Å²) in [5.41, 5.74) is 1.71. The Morgan fingerprint density at radius 2 is 2.20 bits per heavy atom. The number of rotatable bonds is 4. The second-order valence-electron chi connectivity index (χ2n) is 5.76. The Bertz CT molecular complexity index is 937. The molecule has 3 aromatic rings. The lowest BCUT2D eigenvalue weighted by atomic mass is 9.97. The van der Waals surface area contributed by atoms with Gasteiger partial charge in [-0.25, -0.2) is 9.78 Å². The molecule has 0 spiro atoms. The van der Waals surface area contributed by atoms with Crippen molar-refractivity contribution in [3.05, 3.63) is 46.0 Å². The molecule has 1 amide bonds. The van der Waals surface area contributed by atoms with Crippen LogP contribution in [0.5, 0.6) is 0 Å². The quantitative estimate of drug-likeness (QED) is 0.762. The van der Waals surface area contributed by atoms with Gasteiger partial charge in [-0.1, -0.05) is 5.16 Å². The van der Waals surface area contributed by atoms with E-state index in [2.05, 4.69) is 10.1 Å². The number of carboxylic acids is 1. The fraction of sp³-hybridized carbons (Fsp3) is 0.250. The van der Waals surface area contributed by atoms with Crippen molar-refractivity contribution < 1.29 is 23.6 Å². The van der Waals surface area contributed by atoms with Gasteiger partial charge in [-0.2, -0.15) is 11.3 Å². The summed E-state index contributed by atoms with van der Waals surface area (Å²) in [7, 11) is 0. The summed E-state index contributed by atoms with van der Waals surface area (Å²) in [6, 6.07) is 1.89. The van der Waals surface area contributed by atoms with Gasteiger partial charge >= 0.3 is 5.97 Å². The molecule has 25 heavy (non-hydrogen) atoms. The molecule has 3 aromatic heterocycles. The van der Waals surface area contributed by atoms with E-state index in [1.54, 1.807) is 11.8 Å². The van der Waals surface area contributed by atoms with Crippen LogP contribution in [0.1, 0.15) is 38.4 Å². The van der Waals surface area contributed by atoms with Crippen LogP contribution in [0.2, 0.25) is 0 Å². The number of carboxylic acid groups (broad SMARTS) is 1. The lowest BCUT2D eigenvalue weighted by Gasteiger charge is -2.37. The summed E-state index contributed by atoms with van der Waals surface area (Å²) in [6.45, 7) is 2.53. The maximum Gasteiger partial charge on any atom is 0.357 e. The minimum Gasteiger partial charge on any atom is -0.476 e. The molecule has 0 unspecified atom stereocenters. The van der Waals surface area contributed by atoms with Crippen LogP contribution in [0.3, 0.4) is 0 Å². The fourth-order valence-corrected chi connectivity index (χ4v) is 3.39. The lowest BCUT2D eigenvalue weighted by Crippen LogP contribution is -2.48. The number of carbonyl (C=O) groups is 2. The number of thiophene rings is 1. The number of oxazole rings is 1. The van der Waals surface area contributed by atoms with E-state index >= 15 is 0 Å². The van der Waals surface area contributed by atoms with Crippen LogP contribution in [0.15, 0.2) is 32.0 Å². The molecule has 1 aliphatic heterocycles. The minimum atomic E-state index is -1.14. The number of carbonyl (C=O) groups excluding carboxylic acids is 1. The van der Waals surface area contributed by atoms with Crippen molar-refractivity contribution in [2.24, 2.45) is 0 Å². The highest BCUT2D eigenvalue weighted by atomic mass is 32.1. The molecule has 0 aromatic carbocycles. The lowest BCUT2D eigenvalue weighted by molar-refractivity contribution is 0.0573. The number of hydrogen-bond donors (Lipinski definition) is 1. The van der Waals surface area contributed by atoms with E-state index in [0.717, 1.165) is 11.8 Å². The van der Waals surface area contributed by atoms with Crippen LogP contribution < -0.4 is 0 Å². The Hall–Kier alpha value is -2.94. The van der Waals surface area contributed by atoms with E-state index in [-0.39, 0.29) is 17.5 Å². The van der Waals surface area contributed by atoms with E-state index in [1.807, 2.05) is 16.8 Å². The van der Waals surface area contributed by atoms with Crippen molar-refractivity contribution >= 4 is 23.2 Å². The summed E-state index contributed by atoms with van der Waals surface area (Å²) in [4.78, 5) is 29.2. The molecule has 9 heteroatoms. The highest BCUT2D eigenvalue weighted by Gasteiger charge is 2.38. The van der Waals surface area contributed by atoms with Crippen molar-refractivity contribution in [1.82, 2.24) is 15.0 Å². The average Bonchev–Trinajstić information content (AvgIpc) is 3.25. The highest BCUT2D eigenvalue weighted by Crippen LogP contribution is 2.32. The molecular formula is C16H13N3O5S. The zero-order valence-corrected chi connectivity index (χ0v) is 13.9. The third kappa shape index (κ3) is 2.62. The molecule has 1 aliphatic rings. The van der Waals surface area contributed by atoms with Crippen molar-refractivity contribution in [3.8, 4) is 11.3 Å². The second kappa shape index (κ2) is 5.85. The Morgan fingerprint density at radius 3 is 2.84 bits per heavy atom. The van der Waals surface area contributed by atoms with Crippen molar-refractivity contribution in [3.63, 3.8) is 0 Å². The van der Waals surface area contributed by atoms with Gasteiger partial charge in [0.1, 0.15) is 23.3 Å². The van der Waals surface area contributed by atoms with Crippen molar-refractivity contribution in [1.29, 1.82) is 0 Å². The molecule has 1 fully saturated rings. The molecule has 128 valence electrons. The van der Waals surface area contributed by atoms with Gasteiger partial charge in [0.2, 0.25) is 5.89 Å². The van der Waals surface area contributed by atoms with E-state index in [9.17, 15) is 9.59 Å². The van der Waals surface area contributed by atoms with E-state index in [0.29, 0.717) is 36.0 Å². The molecule has 1 saturated heterocycles. The number of likely N-dealkylation sites (tertiary alicyclic amines) is 1. The first-order valence-electron chi connectivity index (χ1n) is 7.51. The molecule has 0 radical (unpaired) electrons. The minimum absolute atomic E-state index is 0.109. The predicted octanol–water partition coefficient (Wildman–Crippen LogP) is 2.64. The van der Waals surface area contributed by atoms with Gasteiger partial charge in [-0.3, -0.25) is 4.79 Å². The Kier molecular flexibility index (Phi) is 3.65. The Balaban J connectivity index is 1.50. The van der Waals surface area contributed by atoms with E-state index < -0.39 is 5.97 Å². The largest absolute Gasteiger partial charge is 0.476 e. The van der Waals surface area contributed by atoms with E-state index in [1.165, 1.54) is 11.3 Å². The number of nitrogens with zero attached hydrogens (tertiary/aromatic N) is 3. The third-order valence-corrected chi connectivity index (χ3v) is 4.81. The summed E-state index contributed by atoms with van der Waals surface area (Å²) < 4.78 is 10.4. The van der Waals surface area contributed by atoms with Gasteiger partial charge < -0.3 is 18.9 Å². The fourth-order valence-electron chi connectivity index (χ4n) is 2.75.